The quantitative estimate of drug-likeness (QED) is 0.643. The Balaban J connectivity index is 1.42. The lowest BCUT2D eigenvalue weighted by Gasteiger charge is -2.45. The summed E-state index contributed by atoms with van der Waals surface area (Å²) < 4.78 is 44.6. The second-order valence-electron chi connectivity index (χ2n) is 10.7. The number of aliphatic hydroxyl groups is 1. The molecule has 8 nitrogen and oxygen atoms in total. The molecule has 2 N–H and O–H groups in total. The van der Waals surface area contributed by atoms with E-state index in [2.05, 4.69) is 22.2 Å². The molecule has 1 aromatic rings. The van der Waals surface area contributed by atoms with Gasteiger partial charge in [0.1, 0.15) is 5.69 Å². The summed E-state index contributed by atoms with van der Waals surface area (Å²) in [6.07, 6.45) is -0.558. The average Bonchev–Trinajstić information content (AvgIpc) is 3.25. The zero-order valence-corrected chi connectivity index (χ0v) is 20.6. The van der Waals surface area contributed by atoms with Gasteiger partial charge in [0.15, 0.2) is 0 Å². The van der Waals surface area contributed by atoms with E-state index in [1.54, 1.807) is 23.6 Å². The molecular weight excluding hydrogens is 463 g/mol. The van der Waals surface area contributed by atoms with Crippen molar-refractivity contribution < 1.29 is 27.8 Å². The second-order valence-corrected chi connectivity index (χ2v) is 10.7. The first kappa shape index (κ1) is 26.1. The molecule has 2 saturated heterocycles. The Bertz CT molecular complexity index is 901. The van der Waals surface area contributed by atoms with E-state index in [0.717, 1.165) is 38.3 Å². The summed E-state index contributed by atoms with van der Waals surface area (Å²) in [4.78, 5) is 24.9. The highest BCUT2D eigenvalue weighted by atomic mass is 19.4. The molecule has 1 aliphatic carbocycles. The molecule has 4 atom stereocenters. The number of hydrogen-bond acceptors (Lipinski definition) is 7. The van der Waals surface area contributed by atoms with Crippen molar-refractivity contribution in [2.24, 2.45) is 11.3 Å². The van der Waals surface area contributed by atoms with Crippen LogP contribution in [-0.2, 0) is 15.7 Å². The number of nitrogens with zero attached hydrogens (tertiary/aromatic N) is 4. The normalized spacial score (nSPS) is 30.5. The zero-order valence-electron chi connectivity index (χ0n) is 20.6. The van der Waals surface area contributed by atoms with Crippen LogP contribution in [0.4, 0.5) is 19.1 Å². The number of nitrogens with one attached hydrogen (secondary N) is 1. The largest absolute Gasteiger partial charge is 0.433 e. The Kier molecular flexibility index (Phi) is 7.32. The highest BCUT2D eigenvalue weighted by Crippen LogP contribution is 2.48. The number of alkyl halides is 3. The van der Waals surface area contributed by atoms with E-state index in [9.17, 15) is 23.1 Å². The number of halogens is 3. The highest BCUT2D eigenvalue weighted by molar-refractivity contribution is 5.85. The van der Waals surface area contributed by atoms with Crippen molar-refractivity contribution in [1.82, 2.24) is 20.2 Å². The van der Waals surface area contributed by atoms with Crippen LogP contribution >= 0.6 is 0 Å². The van der Waals surface area contributed by atoms with Gasteiger partial charge in [0.05, 0.1) is 17.6 Å². The molecule has 3 heterocycles. The van der Waals surface area contributed by atoms with Crippen LogP contribution in [0.25, 0.3) is 0 Å². The fourth-order valence-corrected chi connectivity index (χ4v) is 5.70. The van der Waals surface area contributed by atoms with E-state index in [1.165, 1.54) is 0 Å². The van der Waals surface area contributed by atoms with Crippen LogP contribution < -0.4 is 10.2 Å². The molecule has 1 amide bonds. The third-order valence-electron chi connectivity index (χ3n) is 7.97. The standard InChI is InChI=1S/C24H36F3N5O3/c1-16-15-35-13-6-18(16)29-17-4-7-23(14-17,22(2,3)34)20(33)31-9-11-32(12-10-31)21-28-8-5-19(30-21)24(25,26)27/h5,8,16-18,29,34H,4,6-7,9-15H2,1-3H3/t16-,17-,18?,23-/m1/s1. The van der Waals surface area contributed by atoms with Crippen molar-refractivity contribution >= 4 is 11.9 Å². The maximum atomic E-state index is 13.8. The van der Waals surface area contributed by atoms with Gasteiger partial charge in [-0.2, -0.15) is 13.2 Å². The van der Waals surface area contributed by atoms with Gasteiger partial charge in [-0.15, -0.1) is 0 Å². The first-order chi connectivity index (χ1) is 16.4. The molecular formula is C24H36F3N5O3. The Morgan fingerprint density at radius 1 is 1.23 bits per heavy atom. The van der Waals surface area contributed by atoms with Crippen LogP contribution in [0.1, 0.15) is 52.1 Å². The first-order valence-corrected chi connectivity index (χ1v) is 12.4. The Labute approximate surface area is 204 Å². The fraction of sp³-hybridized carbons (Fsp3) is 0.792. The average molecular weight is 500 g/mol. The number of rotatable bonds is 5. The third kappa shape index (κ3) is 5.41. The van der Waals surface area contributed by atoms with Gasteiger partial charge in [-0.05, 0) is 51.5 Å². The van der Waals surface area contributed by atoms with Gasteiger partial charge in [-0.1, -0.05) is 6.92 Å². The molecule has 196 valence electrons. The molecule has 1 unspecified atom stereocenters. The number of piperazine rings is 1. The van der Waals surface area contributed by atoms with Crippen molar-refractivity contribution in [1.29, 1.82) is 0 Å². The van der Waals surface area contributed by atoms with Gasteiger partial charge in [0.2, 0.25) is 11.9 Å². The molecule has 11 heteroatoms. The molecule has 4 rings (SSSR count). The van der Waals surface area contributed by atoms with Crippen molar-refractivity contribution in [3.63, 3.8) is 0 Å². The number of amides is 1. The lowest BCUT2D eigenvalue weighted by Crippen LogP contribution is -2.59. The first-order valence-electron chi connectivity index (χ1n) is 12.4. The maximum Gasteiger partial charge on any atom is 0.433 e. The lowest BCUT2D eigenvalue weighted by molar-refractivity contribution is -0.158. The summed E-state index contributed by atoms with van der Waals surface area (Å²) in [5.41, 5.74) is -3.10. The minimum absolute atomic E-state index is 0.0137. The van der Waals surface area contributed by atoms with Crippen LogP contribution in [0.15, 0.2) is 12.3 Å². The predicted octanol–water partition coefficient (Wildman–Crippen LogP) is 2.47. The van der Waals surface area contributed by atoms with Crippen molar-refractivity contribution in [3.05, 3.63) is 18.0 Å². The van der Waals surface area contributed by atoms with Crippen LogP contribution in [-0.4, -0.2) is 83.0 Å². The van der Waals surface area contributed by atoms with E-state index in [0.29, 0.717) is 51.0 Å². The summed E-state index contributed by atoms with van der Waals surface area (Å²) >= 11 is 0. The molecule has 3 aliphatic rings. The Hall–Kier alpha value is -1.98. The number of hydrogen-bond donors (Lipinski definition) is 2. The SMILES string of the molecule is C[C@@H]1COCCC1N[C@@H]1CC[C@@](C(=O)N2CCN(c3nccc(C(F)(F)F)n3)CC2)(C(C)(C)O)C1. The molecule has 0 bridgehead atoms. The van der Waals surface area contributed by atoms with Crippen molar-refractivity contribution in [3.8, 4) is 0 Å². The molecule has 2 aliphatic heterocycles. The van der Waals surface area contributed by atoms with E-state index < -0.39 is 22.9 Å². The molecule has 1 saturated carbocycles. The summed E-state index contributed by atoms with van der Waals surface area (Å²) in [6, 6.07) is 1.32. The summed E-state index contributed by atoms with van der Waals surface area (Å²) in [5.74, 6) is 0.321. The molecule has 1 aromatic heterocycles. The number of carbonyl (C=O) groups excluding carboxylic acids is 1. The molecule has 0 radical (unpaired) electrons. The Morgan fingerprint density at radius 2 is 1.94 bits per heavy atom. The van der Waals surface area contributed by atoms with Crippen LogP contribution in [0.2, 0.25) is 0 Å². The summed E-state index contributed by atoms with van der Waals surface area (Å²) in [7, 11) is 0. The van der Waals surface area contributed by atoms with Gasteiger partial charge < -0.3 is 25.0 Å². The number of aromatic nitrogens is 2. The van der Waals surface area contributed by atoms with Crippen LogP contribution in [0.3, 0.4) is 0 Å². The van der Waals surface area contributed by atoms with Gasteiger partial charge in [-0.3, -0.25) is 4.79 Å². The van der Waals surface area contributed by atoms with E-state index >= 15 is 0 Å². The highest BCUT2D eigenvalue weighted by Gasteiger charge is 2.56. The van der Waals surface area contributed by atoms with Gasteiger partial charge in [0.25, 0.3) is 0 Å². The lowest BCUT2D eigenvalue weighted by atomic mass is 9.70. The van der Waals surface area contributed by atoms with Crippen molar-refractivity contribution in [2.75, 3.05) is 44.3 Å². The number of carbonyl (C=O) groups is 1. The molecule has 0 aromatic carbocycles. The van der Waals surface area contributed by atoms with Gasteiger partial charge >= 0.3 is 6.18 Å². The monoisotopic (exact) mass is 499 g/mol. The third-order valence-corrected chi connectivity index (χ3v) is 7.97. The van der Waals surface area contributed by atoms with Crippen molar-refractivity contribution in [2.45, 2.75) is 70.3 Å². The second kappa shape index (κ2) is 9.82. The topological polar surface area (TPSA) is 90.8 Å². The zero-order chi connectivity index (χ0) is 25.4. The van der Waals surface area contributed by atoms with E-state index in [4.69, 9.17) is 4.74 Å². The predicted molar refractivity (Wildman–Crippen MR) is 124 cm³/mol. The van der Waals surface area contributed by atoms with E-state index in [1.807, 2.05) is 0 Å². The summed E-state index contributed by atoms with van der Waals surface area (Å²) in [5, 5.41) is 14.9. The summed E-state index contributed by atoms with van der Waals surface area (Å²) in [6.45, 7) is 8.36. The smallest absolute Gasteiger partial charge is 0.389 e. The maximum absolute atomic E-state index is 13.8. The fourth-order valence-electron chi connectivity index (χ4n) is 5.70. The van der Waals surface area contributed by atoms with Gasteiger partial charge in [-0.25, -0.2) is 9.97 Å². The number of ether oxygens (including phenoxy) is 1. The minimum atomic E-state index is -4.54. The van der Waals surface area contributed by atoms with Crippen LogP contribution in [0.5, 0.6) is 0 Å². The van der Waals surface area contributed by atoms with Gasteiger partial charge in [0, 0.05) is 51.1 Å². The number of anilines is 1. The Morgan fingerprint density at radius 3 is 2.57 bits per heavy atom. The molecule has 3 fully saturated rings. The molecule has 35 heavy (non-hydrogen) atoms. The minimum Gasteiger partial charge on any atom is -0.389 e. The van der Waals surface area contributed by atoms with E-state index in [-0.39, 0.29) is 17.9 Å². The molecule has 0 spiro atoms. The van der Waals surface area contributed by atoms with Crippen LogP contribution in [0, 0.1) is 11.3 Å².